The maximum Gasteiger partial charge on any atom is 0.256 e. The van der Waals surface area contributed by atoms with E-state index in [2.05, 4.69) is 10.1 Å². The summed E-state index contributed by atoms with van der Waals surface area (Å²) in [6, 6.07) is 8.84. The molecule has 33 heavy (non-hydrogen) atoms. The molecule has 4 aromatic rings. The van der Waals surface area contributed by atoms with E-state index in [0.29, 0.717) is 27.7 Å². The summed E-state index contributed by atoms with van der Waals surface area (Å²) in [5.41, 5.74) is 1.96. The van der Waals surface area contributed by atoms with Crippen LogP contribution >= 0.6 is 0 Å². The molecule has 7 nitrogen and oxygen atoms in total. The molecule has 10 heteroatoms. The average Bonchev–Trinajstić information content (AvgIpc) is 3.28. The van der Waals surface area contributed by atoms with Crippen LogP contribution in [0.3, 0.4) is 0 Å². The summed E-state index contributed by atoms with van der Waals surface area (Å²) in [5.74, 6) is -1.86. The highest BCUT2D eigenvalue weighted by atomic mass is 32.2. The summed E-state index contributed by atoms with van der Waals surface area (Å²) in [4.78, 5) is 18.4. The second-order valence-corrected chi connectivity index (χ2v) is 10.2. The first-order chi connectivity index (χ1) is 15.6. The number of carbonyl (C=O) groups is 1. The predicted molar refractivity (Wildman–Crippen MR) is 119 cm³/mol. The molecule has 0 saturated carbocycles. The molecule has 3 heterocycles. The predicted octanol–water partition coefficient (Wildman–Crippen LogP) is 4.10. The van der Waals surface area contributed by atoms with Crippen molar-refractivity contribution in [1.82, 2.24) is 19.7 Å². The van der Waals surface area contributed by atoms with Gasteiger partial charge in [0.2, 0.25) is 0 Å². The van der Waals surface area contributed by atoms with Crippen molar-refractivity contribution in [2.24, 2.45) is 7.05 Å². The van der Waals surface area contributed by atoms with Gasteiger partial charge in [0.15, 0.2) is 0 Å². The number of aromatic nitrogens is 3. The van der Waals surface area contributed by atoms with E-state index < -0.39 is 21.4 Å². The van der Waals surface area contributed by atoms with Gasteiger partial charge in [-0.1, -0.05) is 6.07 Å². The van der Waals surface area contributed by atoms with Crippen LogP contribution in [0.2, 0.25) is 0 Å². The molecule has 1 unspecified atom stereocenters. The average molecular weight is 468 g/mol. The van der Waals surface area contributed by atoms with Gasteiger partial charge in [-0.25, -0.2) is 17.8 Å². The molecule has 2 aromatic heterocycles. The highest BCUT2D eigenvalue weighted by Crippen LogP contribution is 2.34. The Hall–Kier alpha value is -3.66. The van der Waals surface area contributed by atoms with E-state index in [1.54, 1.807) is 37.6 Å². The van der Waals surface area contributed by atoms with Crippen LogP contribution in [0.5, 0.6) is 0 Å². The van der Waals surface area contributed by atoms with E-state index in [-0.39, 0.29) is 35.0 Å². The van der Waals surface area contributed by atoms with Crippen LogP contribution in [-0.4, -0.2) is 36.0 Å². The van der Waals surface area contributed by atoms with Gasteiger partial charge in [-0.15, -0.1) is 0 Å². The molecule has 2 aromatic carbocycles. The van der Waals surface area contributed by atoms with Crippen molar-refractivity contribution in [1.29, 1.82) is 4.78 Å². The molecule has 1 N–H and O–H groups in total. The molecule has 0 radical (unpaired) electrons. The lowest BCUT2D eigenvalue weighted by atomic mass is 9.99. The molecule has 0 fully saturated rings. The van der Waals surface area contributed by atoms with E-state index in [1.165, 1.54) is 34.0 Å². The SMILES string of the molecule is Cn1cc2c(-c3cc(F)c(CN4Cc5ncccc5C4=O)c(F)c3)ccc(S(C)(=N)=O)c2n1. The first-order valence-corrected chi connectivity index (χ1v) is 12.0. The van der Waals surface area contributed by atoms with E-state index >= 15 is 8.78 Å². The van der Waals surface area contributed by atoms with Gasteiger partial charge in [0, 0.05) is 36.6 Å². The zero-order chi connectivity index (χ0) is 23.5. The molecular formula is C23H19F2N5O2S. The Morgan fingerprint density at radius 2 is 1.88 bits per heavy atom. The fourth-order valence-corrected chi connectivity index (χ4v) is 5.02. The molecule has 0 bridgehead atoms. The van der Waals surface area contributed by atoms with Gasteiger partial charge < -0.3 is 4.90 Å². The molecule has 168 valence electrons. The van der Waals surface area contributed by atoms with Crippen LogP contribution in [0.15, 0.2) is 53.7 Å². The van der Waals surface area contributed by atoms with Crippen molar-refractivity contribution in [2.45, 2.75) is 18.0 Å². The maximum absolute atomic E-state index is 15.1. The van der Waals surface area contributed by atoms with E-state index in [9.17, 15) is 9.00 Å². The number of hydrogen-bond donors (Lipinski definition) is 1. The number of halogens is 2. The monoisotopic (exact) mass is 467 g/mol. The maximum atomic E-state index is 15.1. The fraction of sp³-hybridized carbons (Fsp3) is 0.174. The summed E-state index contributed by atoms with van der Waals surface area (Å²) >= 11 is 0. The number of aryl methyl sites for hydroxylation is 1. The van der Waals surface area contributed by atoms with Crippen molar-refractivity contribution >= 4 is 26.5 Å². The number of fused-ring (bicyclic) bond motifs is 2. The minimum atomic E-state index is -3.05. The van der Waals surface area contributed by atoms with Crippen LogP contribution in [0, 0.1) is 16.4 Å². The van der Waals surface area contributed by atoms with Crippen LogP contribution in [0.4, 0.5) is 8.78 Å². The molecule has 0 saturated heterocycles. The van der Waals surface area contributed by atoms with Crippen molar-refractivity contribution in [3.05, 3.63) is 77.2 Å². The number of nitrogens with zero attached hydrogens (tertiary/aromatic N) is 4. The molecular weight excluding hydrogens is 448 g/mol. The Morgan fingerprint density at radius 1 is 1.15 bits per heavy atom. The number of carbonyl (C=O) groups excluding carboxylic acids is 1. The Labute approximate surface area is 188 Å². The van der Waals surface area contributed by atoms with Gasteiger partial charge in [-0.3, -0.25) is 14.5 Å². The van der Waals surface area contributed by atoms with Gasteiger partial charge in [0.25, 0.3) is 5.91 Å². The van der Waals surface area contributed by atoms with Crippen molar-refractivity contribution in [3.63, 3.8) is 0 Å². The third-order valence-electron chi connectivity index (χ3n) is 5.72. The van der Waals surface area contributed by atoms with Gasteiger partial charge >= 0.3 is 0 Å². The quantitative estimate of drug-likeness (QED) is 0.489. The topological polar surface area (TPSA) is 91.9 Å². The lowest BCUT2D eigenvalue weighted by Gasteiger charge is -2.17. The Bertz CT molecular complexity index is 1540. The summed E-state index contributed by atoms with van der Waals surface area (Å²) in [5, 5.41) is 4.85. The zero-order valence-corrected chi connectivity index (χ0v) is 18.6. The first-order valence-electron chi connectivity index (χ1n) is 10.0. The second kappa shape index (κ2) is 7.45. The van der Waals surface area contributed by atoms with Crippen LogP contribution in [0.25, 0.3) is 22.0 Å². The third kappa shape index (κ3) is 3.56. The molecule has 0 aliphatic carbocycles. The van der Waals surface area contributed by atoms with Gasteiger partial charge in [-0.2, -0.15) is 5.10 Å². The van der Waals surface area contributed by atoms with Crippen molar-refractivity contribution in [3.8, 4) is 11.1 Å². The van der Waals surface area contributed by atoms with E-state index in [4.69, 9.17) is 4.78 Å². The van der Waals surface area contributed by atoms with Gasteiger partial charge in [-0.05, 0) is 41.5 Å². The number of nitrogens with one attached hydrogen (secondary N) is 1. The number of benzene rings is 2. The minimum absolute atomic E-state index is 0.191. The Kier molecular flexibility index (Phi) is 4.78. The minimum Gasteiger partial charge on any atom is -0.328 e. The van der Waals surface area contributed by atoms with Crippen molar-refractivity contribution < 1.29 is 17.8 Å². The lowest BCUT2D eigenvalue weighted by molar-refractivity contribution is 0.0763. The Balaban J connectivity index is 1.54. The fourth-order valence-electron chi connectivity index (χ4n) is 4.17. The van der Waals surface area contributed by atoms with Crippen LogP contribution in [-0.2, 0) is 29.9 Å². The summed E-state index contributed by atoms with van der Waals surface area (Å²) in [6.07, 6.45) is 4.54. The summed E-state index contributed by atoms with van der Waals surface area (Å²) < 4.78 is 52.0. The number of amides is 1. The van der Waals surface area contributed by atoms with Crippen LogP contribution in [0.1, 0.15) is 21.6 Å². The molecule has 1 aliphatic rings. The van der Waals surface area contributed by atoms with Crippen LogP contribution < -0.4 is 0 Å². The normalized spacial score (nSPS) is 15.2. The molecule has 0 spiro atoms. The Morgan fingerprint density at radius 3 is 2.55 bits per heavy atom. The highest BCUT2D eigenvalue weighted by Gasteiger charge is 2.30. The van der Waals surface area contributed by atoms with Gasteiger partial charge in [0.1, 0.15) is 17.2 Å². The number of hydrogen-bond acceptors (Lipinski definition) is 5. The molecule has 5 rings (SSSR count). The lowest BCUT2D eigenvalue weighted by Crippen LogP contribution is -2.24. The van der Waals surface area contributed by atoms with Crippen molar-refractivity contribution in [2.75, 3.05) is 6.26 Å². The van der Waals surface area contributed by atoms with Gasteiger partial charge in [0.05, 0.1) is 39.0 Å². The highest BCUT2D eigenvalue weighted by molar-refractivity contribution is 7.92. The molecule has 1 aliphatic heterocycles. The summed E-state index contributed by atoms with van der Waals surface area (Å²) in [7, 11) is -1.37. The number of rotatable bonds is 4. The zero-order valence-electron chi connectivity index (χ0n) is 17.8. The van der Waals surface area contributed by atoms with E-state index in [0.717, 1.165) is 0 Å². The standard InChI is InChI=1S/C23H19F2N5O2S/c1-29-10-16-14(5-6-21(22(16)28-29)33(2,26)32)13-8-18(24)17(19(25)9-13)11-30-12-20-15(23(30)31)4-3-7-27-20/h3-10,26H,11-12H2,1-2H3. The summed E-state index contributed by atoms with van der Waals surface area (Å²) in [6.45, 7) is -0.0258. The smallest absolute Gasteiger partial charge is 0.256 e. The molecule has 1 amide bonds. The largest absolute Gasteiger partial charge is 0.328 e. The number of pyridine rings is 1. The molecule has 1 atom stereocenters. The second-order valence-electron chi connectivity index (χ2n) is 8.10. The first kappa shape index (κ1) is 21.2. The van der Waals surface area contributed by atoms with E-state index in [1.807, 2.05) is 0 Å². The third-order valence-corrected chi connectivity index (χ3v) is 6.89.